The molecule has 0 fully saturated rings. The number of rotatable bonds is 11. The first-order valence-electron chi connectivity index (χ1n) is 8.15. The van der Waals surface area contributed by atoms with Crippen LogP contribution in [0, 0.1) is 6.92 Å². The van der Waals surface area contributed by atoms with Crippen LogP contribution in [-0.4, -0.2) is 55.5 Å². The fourth-order valence-electron chi connectivity index (χ4n) is 2.22. The van der Waals surface area contributed by atoms with Crippen molar-refractivity contribution in [3.05, 3.63) is 35.4 Å². The highest BCUT2D eigenvalue weighted by Gasteiger charge is 2.14. The third-order valence-corrected chi connectivity index (χ3v) is 3.50. The molecule has 1 aromatic carbocycles. The highest BCUT2D eigenvalue weighted by Crippen LogP contribution is 2.08. The maximum atomic E-state index is 11.4. The van der Waals surface area contributed by atoms with Gasteiger partial charge in [-0.05, 0) is 18.9 Å². The molecule has 5 heteroatoms. The summed E-state index contributed by atoms with van der Waals surface area (Å²) in [7, 11) is 1.66. The molecule has 23 heavy (non-hydrogen) atoms. The summed E-state index contributed by atoms with van der Waals surface area (Å²) in [6.45, 7) is 6.49. The predicted molar refractivity (Wildman–Crippen MR) is 90.2 cm³/mol. The molecule has 0 radical (unpaired) electrons. The average Bonchev–Trinajstić information content (AvgIpc) is 2.53. The molecule has 0 aliphatic rings. The normalized spacial score (nSPS) is 12.4. The van der Waals surface area contributed by atoms with Crippen LogP contribution < -0.4 is 0 Å². The molecule has 1 rings (SSSR count). The summed E-state index contributed by atoms with van der Waals surface area (Å²) < 4.78 is 10.2. The molecule has 1 N–H and O–H groups in total. The Morgan fingerprint density at radius 3 is 2.61 bits per heavy atom. The van der Waals surface area contributed by atoms with Gasteiger partial charge in [-0.25, -0.2) is 0 Å². The van der Waals surface area contributed by atoms with Crippen molar-refractivity contribution in [2.24, 2.45) is 0 Å². The molecule has 0 aliphatic carbocycles. The second kappa shape index (κ2) is 11.2. The van der Waals surface area contributed by atoms with E-state index < -0.39 is 6.10 Å². The van der Waals surface area contributed by atoms with Gasteiger partial charge in [-0.1, -0.05) is 36.8 Å². The third-order valence-electron chi connectivity index (χ3n) is 3.50. The smallest absolute Gasteiger partial charge is 0.305 e. The molecule has 1 unspecified atom stereocenters. The largest absolute Gasteiger partial charge is 0.463 e. The van der Waals surface area contributed by atoms with Crippen LogP contribution >= 0.6 is 0 Å². The Morgan fingerprint density at radius 1 is 1.30 bits per heavy atom. The number of aliphatic hydroxyl groups is 1. The molecule has 0 saturated carbocycles. The molecule has 1 atom stereocenters. The van der Waals surface area contributed by atoms with Crippen molar-refractivity contribution in [1.29, 1.82) is 0 Å². The minimum absolute atomic E-state index is 0.0379. The maximum absolute atomic E-state index is 11.4. The van der Waals surface area contributed by atoms with Gasteiger partial charge in [0.05, 0.1) is 6.61 Å². The number of methoxy groups -OCH3 is 1. The van der Waals surface area contributed by atoms with Crippen LogP contribution in [0.25, 0.3) is 0 Å². The van der Waals surface area contributed by atoms with Crippen LogP contribution in [0.3, 0.4) is 0 Å². The molecule has 0 amide bonds. The minimum Gasteiger partial charge on any atom is -0.463 e. The second-order valence-corrected chi connectivity index (χ2v) is 5.80. The zero-order valence-corrected chi connectivity index (χ0v) is 14.5. The van der Waals surface area contributed by atoms with Gasteiger partial charge in [0.15, 0.2) is 0 Å². The number of aryl methyl sites for hydroxylation is 1. The van der Waals surface area contributed by atoms with Crippen LogP contribution in [-0.2, 0) is 20.8 Å². The second-order valence-electron chi connectivity index (χ2n) is 5.80. The number of aliphatic hydroxyl groups excluding tert-OH is 1. The quantitative estimate of drug-likeness (QED) is 0.632. The van der Waals surface area contributed by atoms with Crippen LogP contribution in [0.2, 0.25) is 0 Å². The van der Waals surface area contributed by atoms with Crippen LogP contribution in [0.4, 0.5) is 0 Å². The van der Waals surface area contributed by atoms with Crippen molar-refractivity contribution in [1.82, 2.24) is 4.90 Å². The molecule has 0 saturated heterocycles. The molecule has 0 aromatic heterocycles. The Labute approximate surface area is 139 Å². The average molecular weight is 323 g/mol. The fraction of sp³-hybridized carbons (Fsp3) is 0.611. The van der Waals surface area contributed by atoms with Crippen LogP contribution in [0.5, 0.6) is 0 Å². The first kappa shape index (κ1) is 19.6. The Hall–Kier alpha value is -1.43. The summed E-state index contributed by atoms with van der Waals surface area (Å²) in [6.07, 6.45) is 0.448. The number of carbonyl (C=O) groups excluding carboxylic acids is 1. The van der Waals surface area contributed by atoms with Crippen LogP contribution in [0.15, 0.2) is 24.3 Å². The number of nitrogens with zero attached hydrogens (tertiary/aromatic N) is 1. The van der Waals surface area contributed by atoms with E-state index >= 15 is 0 Å². The molecule has 1 aromatic rings. The van der Waals surface area contributed by atoms with Gasteiger partial charge >= 0.3 is 5.97 Å². The predicted octanol–water partition coefficient (Wildman–Crippen LogP) is 2.15. The van der Waals surface area contributed by atoms with Crippen molar-refractivity contribution in [3.63, 3.8) is 0 Å². The molecule has 5 nitrogen and oxygen atoms in total. The lowest BCUT2D eigenvalue weighted by molar-refractivity contribution is -0.147. The summed E-state index contributed by atoms with van der Waals surface area (Å²) >= 11 is 0. The fourth-order valence-corrected chi connectivity index (χ4v) is 2.22. The van der Waals surface area contributed by atoms with Crippen LogP contribution in [0.1, 0.15) is 30.9 Å². The van der Waals surface area contributed by atoms with E-state index in [0.717, 1.165) is 13.0 Å². The van der Waals surface area contributed by atoms with Gasteiger partial charge in [0, 0.05) is 33.2 Å². The standard InChI is InChI=1S/C18H29NO4/c1-4-5-18(21)23-14-17(20)13-19(10-11-22-3)12-16-8-6-15(2)7-9-16/h6-9,17,20H,4-5,10-14H2,1-3H3. The van der Waals surface area contributed by atoms with Gasteiger partial charge in [0.2, 0.25) is 0 Å². The first-order chi connectivity index (χ1) is 11.0. The van der Waals surface area contributed by atoms with E-state index in [9.17, 15) is 9.90 Å². The topological polar surface area (TPSA) is 59.0 Å². The number of esters is 1. The van der Waals surface area contributed by atoms with Gasteiger partial charge in [0.1, 0.15) is 12.7 Å². The molecule has 0 spiro atoms. The monoisotopic (exact) mass is 323 g/mol. The molecule has 0 bridgehead atoms. The van der Waals surface area contributed by atoms with E-state index in [1.165, 1.54) is 11.1 Å². The van der Waals surface area contributed by atoms with Gasteiger partial charge < -0.3 is 14.6 Å². The van der Waals surface area contributed by atoms with E-state index in [-0.39, 0.29) is 12.6 Å². The molecular formula is C18H29NO4. The molecule has 130 valence electrons. The first-order valence-corrected chi connectivity index (χ1v) is 8.15. The molecule has 0 heterocycles. The van der Waals surface area contributed by atoms with Crippen molar-refractivity contribution in [2.75, 3.05) is 33.4 Å². The maximum Gasteiger partial charge on any atom is 0.305 e. The minimum atomic E-state index is -0.696. The Balaban J connectivity index is 2.49. The highest BCUT2D eigenvalue weighted by molar-refractivity contribution is 5.69. The third kappa shape index (κ3) is 8.69. The van der Waals surface area contributed by atoms with Crippen molar-refractivity contribution in [3.8, 4) is 0 Å². The van der Waals surface area contributed by atoms with Crippen molar-refractivity contribution in [2.45, 2.75) is 39.3 Å². The van der Waals surface area contributed by atoms with Gasteiger partial charge in [-0.3, -0.25) is 9.69 Å². The SMILES string of the molecule is CCCC(=O)OCC(O)CN(CCOC)Cc1ccc(C)cc1. The lowest BCUT2D eigenvalue weighted by Crippen LogP contribution is -2.37. The lowest BCUT2D eigenvalue weighted by Gasteiger charge is -2.25. The summed E-state index contributed by atoms with van der Waals surface area (Å²) in [6, 6.07) is 8.32. The number of carbonyl (C=O) groups is 1. The summed E-state index contributed by atoms with van der Waals surface area (Å²) in [5, 5.41) is 10.1. The molecule has 0 aliphatic heterocycles. The Bertz CT molecular complexity index is 447. The van der Waals surface area contributed by atoms with Crippen molar-refractivity contribution < 1.29 is 19.4 Å². The van der Waals surface area contributed by atoms with Gasteiger partial charge in [-0.15, -0.1) is 0 Å². The zero-order chi connectivity index (χ0) is 17.1. The zero-order valence-electron chi connectivity index (χ0n) is 14.5. The number of hydrogen-bond acceptors (Lipinski definition) is 5. The lowest BCUT2D eigenvalue weighted by atomic mass is 10.1. The van der Waals surface area contributed by atoms with Crippen molar-refractivity contribution >= 4 is 5.97 Å². The number of benzene rings is 1. The van der Waals surface area contributed by atoms with E-state index in [1.54, 1.807) is 7.11 Å². The molecular weight excluding hydrogens is 294 g/mol. The Morgan fingerprint density at radius 2 is 2.00 bits per heavy atom. The summed E-state index contributed by atoms with van der Waals surface area (Å²) in [4.78, 5) is 13.5. The van der Waals surface area contributed by atoms with E-state index in [2.05, 4.69) is 36.1 Å². The van der Waals surface area contributed by atoms with E-state index in [0.29, 0.717) is 26.1 Å². The number of hydrogen-bond donors (Lipinski definition) is 1. The van der Waals surface area contributed by atoms with Gasteiger partial charge in [-0.2, -0.15) is 0 Å². The summed E-state index contributed by atoms with van der Waals surface area (Å²) in [5.41, 5.74) is 2.40. The van der Waals surface area contributed by atoms with Gasteiger partial charge in [0.25, 0.3) is 0 Å². The Kier molecular flexibility index (Phi) is 9.52. The highest BCUT2D eigenvalue weighted by atomic mass is 16.5. The number of ether oxygens (including phenoxy) is 2. The summed E-state index contributed by atoms with van der Waals surface area (Å²) in [5.74, 6) is -0.256. The van der Waals surface area contributed by atoms with E-state index in [4.69, 9.17) is 9.47 Å². The van der Waals surface area contributed by atoms with E-state index in [1.807, 2.05) is 6.92 Å².